The molecule has 7 nitrogen and oxygen atoms in total. The number of aromatic nitrogens is 2. The van der Waals surface area contributed by atoms with Gasteiger partial charge in [0.1, 0.15) is 11.6 Å². The third-order valence-electron chi connectivity index (χ3n) is 4.17. The van der Waals surface area contributed by atoms with Crippen LogP contribution in [0.2, 0.25) is 0 Å². The molecule has 0 spiro atoms. The second-order valence-corrected chi connectivity index (χ2v) is 7.18. The summed E-state index contributed by atoms with van der Waals surface area (Å²) in [7, 11) is 0. The van der Waals surface area contributed by atoms with Crippen molar-refractivity contribution in [3.05, 3.63) is 91.3 Å². The summed E-state index contributed by atoms with van der Waals surface area (Å²) in [4.78, 5) is 25.2. The molecule has 3 rings (SSSR count). The van der Waals surface area contributed by atoms with Gasteiger partial charge < -0.3 is 0 Å². The predicted molar refractivity (Wildman–Crippen MR) is 113 cm³/mol. The third-order valence-corrected chi connectivity index (χ3v) is 4.66. The fourth-order valence-corrected chi connectivity index (χ4v) is 3.04. The molecule has 0 aliphatic heterocycles. The first kappa shape index (κ1) is 20.2. The van der Waals surface area contributed by atoms with Crippen LogP contribution in [0.1, 0.15) is 32.7 Å². The molecule has 1 heterocycles. The molecule has 0 radical (unpaired) electrons. The van der Waals surface area contributed by atoms with Crippen molar-refractivity contribution in [1.29, 1.82) is 5.26 Å². The number of hydrogen-bond acceptors (Lipinski definition) is 5. The molecule has 0 saturated heterocycles. The van der Waals surface area contributed by atoms with E-state index in [2.05, 4.69) is 31.6 Å². The molecule has 1 N–H and O–H groups in total. The maximum Gasteiger partial charge on any atom is 0.292 e. The van der Waals surface area contributed by atoms with E-state index in [0.717, 1.165) is 20.3 Å². The van der Waals surface area contributed by atoms with Gasteiger partial charge in [-0.2, -0.15) is 20.1 Å². The van der Waals surface area contributed by atoms with E-state index in [1.54, 1.807) is 12.1 Å². The van der Waals surface area contributed by atoms with Crippen LogP contribution in [0.3, 0.4) is 0 Å². The number of nitrogens with one attached hydrogen (secondary N) is 1. The van der Waals surface area contributed by atoms with E-state index in [9.17, 15) is 14.9 Å². The summed E-state index contributed by atoms with van der Waals surface area (Å²) < 4.78 is 1.94. The van der Waals surface area contributed by atoms with E-state index in [0.29, 0.717) is 5.69 Å². The summed E-state index contributed by atoms with van der Waals surface area (Å²) in [5.74, 6) is -0.619. The van der Waals surface area contributed by atoms with E-state index < -0.39 is 11.5 Å². The SMILES string of the molecule is Cc1ccc(-n2nc(C(=O)N/N=C/c3cccc(Br)c3)c(C)c(C#N)c2=O)cc1. The van der Waals surface area contributed by atoms with Gasteiger partial charge in [-0.05, 0) is 43.7 Å². The zero-order valence-electron chi connectivity index (χ0n) is 15.7. The maximum absolute atomic E-state index is 12.6. The van der Waals surface area contributed by atoms with Gasteiger partial charge in [-0.25, -0.2) is 5.43 Å². The summed E-state index contributed by atoms with van der Waals surface area (Å²) in [6.45, 7) is 3.43. The second-order valence-electron chi connectivity index (χ2n) is 6.27. The molecule has 8 heteroatoms. The average molecular weight is 450 g/mol. The quantitative estimate of drug-likeness (QED) is 0.487. The smallest absolute Gasteiger partial charge is 0.266 e. The number of amides is 1. The first-order chi connectivity index (χ1) is 13.9. The number of carbonyl (C=O) groups excluding carboxylic acids is 1. The fourth-order valence-electron chi connectivity index (χ4n) is 2.62. The highest BCUT2D eigenvalue weighted by molar-refractivity contribution is 9.10. The highest BCUT2D eigenvalue weighted by atomic mass is 79.9. The van der Waals surface area contributed by atoms with E-state index in [-0.39, 0.29) is 16.8 Å². The van der Waals surface area contributed by atoms with E-state index in [1.165, 1.54) is 13.1 Å². The molecule has 144 valence electrons. The van der Waals surface area contributed by atoms with Gasteiger partial charge in [-0.3, -0.25) is 9.59 Å². The van der Waals surface area contributed by atoms with Crippen LogP contribution >= 0.6 is 15.9 Å². The van der Waals surface area contributed by atoms with Crippen LogP contribution in [0, 0.1) is 25.2 Å². The van der Waals surface area contributed by atoms with Crippen LogP contribution < -0.4 is 11.0 Å². The van der Waals surface area contributed by atoms with Gasteiger partial charge >= 0.3 is 0 Å². The van der Waals surface area contributed by atoms with E-state index in [4.69, 9.17) is 0 Å². The van der Waals surface area contributed by atoms with E-state index >= 15 is 0 Å². The normalized spacial score (nSPS) is 10.7. The molecule has 0 aliphatic rings. The lowest BCUT2D eigenvalue weighted by Gasteiger charge is -2.10. The van der Waals surface area contributed by atoms with Crippen molar-refractivity contribution in [2.45, 2.75) is 13.8 Å². The second kappa shape index (κ2) is 8.63. The Bertz CT molecular complexity index is 1210. The monoisotopic (exact) mass is 449 g/mol. The van der Waals surface area contributed by atoms with Crippen molar-refractivity contribution in [2.75, 3.05) is 0 Å². The number of hydrazone groups is 1. The number of aryl methyl sites for hydroxylation is 1. The lowest BCUT2D eigenvalue weighted by atomic mass is 10.1. The predicted octanol–water partition coefficient (Wildman–Crippen LogP) is 3.25. The van der Waals surface area contributed by atoms with Gasteiger partial charge in [0.15, 0.2) is 5.69 Å². The highest BCUT2D eigenvalue weighted by Crippen LogP contribution is 2.12. The lowest BCUT2D eigenvalue weighted by molar-refractivity contribution is 0.0947. The number of halogens is 1. The molecule has 1 aromatic heterocycles. The Kier molecular flexibility index (Phi) is 6.00. The molecule has 2 aromatic carbocycles. The standard InChI is InChI=1S/C21H16BrN5O2/c1-13-6-8-17(9-7-13)27-21(29)18(11-23)14(2)19(26-27)20(28)25-24-12-15-4-3-5-16(22)10-15/h3-10,12H,1-2H3,(H,25,28)/b24-12+. The van der Waals surface area contributed by atoms with Crippen LogP contribution in [-0.4, -0.2) is 21.9 Å². The number of carbonyl (C=O) groups is 1. The minimum atomic E-state index is -0.619. The van der Waals surface area contributed by atoms with Crippen LogP contribution in [0.5, 0.6) is 0 Å². The molecular formula is C21H16BrN5O2. The average Bonchev–Trinajstić information content (AvgIpc) is 2.69. The molecule has 0 saturated carbocycles. The number of rotatable bonds is 4. The van der Waals surface area contributed by atoms with Crippen molar-refractivity contribution >= 4 is 28.1 Å². The topological polar surface area (TPSA) is 100 Å². The summed E-state index contributed by atoms with van der Waals surface area (Å²) in [5.41, 5.74) is 4.09. The molecule has 1 amide bonds. The van der Waals surface area contributed by atoms with Gasteiger partial charge in [0, 0.05) is 10.0 Å². The molecular weight excluding hydrogens is 434 g/mol. The molecule has 29 heavy (non-hydrogen) atoms. The Morgan fingerprint density at radius 3 is 2.62 bits per heavy atom. The first-order valence-electron chi connectivity index (χ1n) is 8.60. The first-order valence-corrected chi connectivity index (χ1v) is 9.40. The third kappa shape index (κ3) is 4.47. The molecule has 0 aliphatic carbocycles. The summed E-state index contributed by atoms with van der Waals surface area (Å²) in [6, 6.07) is 16.3. The van der Waals surface area contributed by atoms with E-state index in [1.807, 2.05) is 49.4 Å². The number of nitriles is 1. The summed E-state index contributed by atoms with van der Waals surface area (Å²) in [5, 5.41) is 17.5. The van der Waals surface area contributed by atoms with Crippen molar-refractivity contribution < 1.29 is 4.79 Å². The Balaban J connectivity index is 1.96. The number of hydrogen-bond donors (Lipinski definition) is 1. The molecule has 0 fully saturated rings. The largest absolute Gasteiger partial charge is 0.292 e. The van der Waals surface area contributed by atoms with Crippen molar-refractivity contribution in [2.24, 2.45) is 5.10 Å². The van der Waals surface area contributed by atoms with Crippen LogP contribution in [-0.2, 0) is 0 Å². The van der Waals surface area contributed by atoms with Gasteiger partial charge in [-0.15, -0.1) is 0 Å². The highest BCUT2D eigenvalue weighted by Gasteiger charge is 2.20. The Labute approximate surface area is 175 Å². The molecule has 0 atom stereocenters. The van der Waals surface area contributed by atoms with Crippen molar-refractivity contribution in [3.63, 3.8) is 0 Å². The Morgan fingerprint density at radius 2 is 1.97 bits per heavy atom. The minimum Gasteiger partial charge on any atom is -0.266 e. The van der Waals surface area contributed by atoms with Gasteiger partial charge in [0.05, 0.1) is 11.9 Å². The van der Waals surface area contributed by atoms with Gasteiger partial charge in [0.2, 0.25) is 0 Å². The summed E-state index contributed by atoms with van der Waals surface area (Å²) >= 11 is 3.36. The van der Waals surface area contributed by atoms with Crippen LogP contribution in [0.15, 0.2) is 62.9 Å². The van der Waals surface area contributed by atoms with Gasteiger partial charge in [-0.1, -0.05) is 45.8 Å². The lowest BCUT2D eigenvalue weighted by Crippen LogP contribution is -2.31. The van der Waals surface area contributed by atoms with Gasteiger partial charge in [0.25, 0.3) is 11.5 Å². The fraction of sp³-hybridized carbons (Fsp3) is 0.0952. The molecule has 3 aromatic rings. The maximum atomic E-state index is 12.6. The number of benzene rings is 2. The van der Waals surface area contributed by atoms with Crippen molar-refractivity contribution in [3.8, 4) is 11.8 Å². The van der Waals surface area contributed by atoms with Crippen LogP contribution in [0.4, 0.5) is 0 Å². The van der Waals surface area contributed by atoms with Crippen molar-refractivity contribution in [1.82, 2.24) is 15.2 Å². The molecule has 0 unspecified atom stereocenters. The zero-order chi connectivity index (χ0) is 21.0. The molecule has 0 bridgehead atoms. The Morgan fingerprint density at radius 1 is 1.24 bits per heavy atom. The minimum absolute atomic E-state index is 0.0480. The summed E-state index contributed by atoms with van der Waals surface area (Å²) in [6.07, 6.45) is 1.49. The number of nitrogens with zero attached hydrogens (tertiary/aromatic N) is 4. The van der Waals surface area contributed by atoms with Crippen LogP contribution in [0.25, 0.3) is 5.69 Å². The Hall–Kier alpha value is -3.57. The zero-order valence-corrected chi connectivity index (χ0v) is 17.3.